The van der Waals surface area contributed by atoms with E-state index in [1.54, 1.807) is 11.3 Å². The topological polar surface area (TPSA) is 38.7 Å². The number of hydrogen-bond acceptors (Lipinski definition) is 5. The fourth-order valence-corrected chi connectivity index (χ4v) is 2.90. The van der Waals surface area contributed by atoms with Crippen molar-refractivity contribution in [3.8, 4) is 0 Å². The molecular weight excluding hydrogens is 291 g/mol. The molecule has 0 amide bonds. The average molecular weight is 312 g/mol. The second-order valence-electron chi connectivity index (χ2n) is 5.97. The second kappa shape index (κ2) is 5.85. The van der Waals surface area contributed by atoms with Gasteiger partial charge in [-0.2, -0.15) is 12.6 Å². The van der Waals surface area contributed by atoms with Gasteiger partial charge in [0.05, 0.1) is 17.8 Å². The summed E-state index contributed by atoms with van der Waals surface area (Å²) < 4.78 is 12.1. The molecule has 110 valence electrons. The molecule has 1 saturated heterocycles. The van der Waals surface area contributed by atoms with Crippen LogP contribution in [0.5, 0.6) is 0 Å². The molecule has 20 heavy (non-hydrogen) atoms. The lowest BCUT2D eigenvalue weighted by atomic mass is 9.78. The maximum Gasteiger partial charge on any atom is 0.491 e. The molecule has 1 aliphatic rings. The van der Waals surface area contributed by atoms with Crippen LogP contribution in [0.1, 0.15) is 38.1 Å². The maximum atomic E-state index is 9.12. The van der Waals surface area contributed by atoms with E-state index in [2.05, 4.69) is 12.6 Å². The molecule has 1 aliphatic heterocycles. The predicted molar refractivity (Wildman–Crippen MR) is 88.2 cm³/mol. The van der Waals surface area contributed by atoms with Gasteiger partial charge in [0.15, 0.2) is 0 Å². The molecule has 1 fully saturated rings. The summed E-state index contributed by atoms with van der Waals surface area (Å²) in [6, 6.07) is 1.97. The Morgan fingerprint density at radius 3 is 2.40 bits per heavy atom. The highest BCUT2D eigenvalue weighted by molar-refractivity contribution is 7.80. The summed E-state index contributed by atoms with van der Waals surface area (Å²) in [5.41, 5.74) is 1.36. The van der Waals surface area contributed by atoms with Gasteiger partial charge in [0.25, 0.3) is 0 Å². The molecule has 0 aliphatic carbocycles. The van der Waals surface area contributed by atoms with Crippen molar-refractivity contribution < 1.29 is 14.4 Å². The van der Waals surface area contributed by atoms with Crippen molar-refractivity contribution in [2.45, 2.75) is 45.5 Å². The van der Waals surface area contributed by atoms with Gasteiger partial charge in [0.1, 0.15) is 0 Å². The van der Waals surface area contributed by atoms with Gasteiger partial charge < -0.3 is 14.4 Å². The molecule has 2 rings (SSSR count). The van der Waals surface area contributed by atoms with Crippen molar-refractivity contribution in [1.82, 2.24) is 0 Å². The van der Waals surface area contributed by atoms with E-state index < -0.39 is 0 Å². The molecule has 0 radical (unpaired) electrons. The third-order valence-electron chi connectivity index (χ3n) is 3.92. The van der Waals surface area contributed by atoms with Gasteiger partial charge in [-0.15, -0.1) is 11.3 Å². The van der Waals surface area contributed by atoms with Gasteiger partial charge in [-0.3, -0.25) is 0 Å². The zero-order chi connectivity index (χ0) is 15.0. The fourth-order valence-electron chi connectivity index (χ4n) is 1.95. The van der Waals surface area contributed by atoms with Crippen molar-refractivity contribution >= 4 is 37.2 Å². The lowest BCUT2D eigenvalue weighted by Crippen LogP contribution is -2.41. The largest absolute Gasteiger partial charge is 0.491 e. The van der Waals surface area contributed by atoms with Crippen LogP contribution >= 0.6 is 24.0 Å². The molecule has 0 unspecified atom stereocenters. The van der Waals surface area contributed by atoms with Crippen molar-refractivity contribution in [2.75, 3.05) is 5.75 Å². The highest BCUT2D eigenvalue weighted by Gasteiger charge is 2.52. The van der Waals surface area contributed by atoms with Gasteiger partial charge in [-0.1, -0.05) is 6.08 Å². The van der Waals surface area contributed by atoms with Crippen LogP contribution in [0.3, 0.4) is 0 Å². The summed E-state index contributed by atoms with van der Waals surface area (Å²) in [4.78, 5) is 0.948. The first kappa shape index (κ1) is 16.1. The third-order valence-corrected chi connectivity index (χ3v) is 5.23. The number of thiol groups is 1. The smallest absolute Gasteiger partial charge is 0.400 e. The number of thiophene rings is 1. The van der Waals surface area contributed by atoms with Crippen molar-refractivity contribution in [3.63, 3.8) is 0 Å². The van der Waals surface area contributed by atoms with E-state index in [-0.39, 0.29) is 24.9 Å². The van der Waals surface area contributed by atoms with Gasteiger partial charge >= 0.3 is 7.12 Å². The number of aliphatic hydroxyl groups excluding tert-OH is 1. The minimum atomic E-state index is -0.366. The average Bonchev–Trinajstić information content (AvgIpc) is 2.89. The van der Waals surface area contributed by atoms with Crippen LogP contribution in [0.2, 0.25) is 0 Å². The van der Waals surface area contributed by atoms with Gasteiger partial charge in [0, 0.05) is 10.6 Å². The minimum absolute atomic E-state index is 0.0746. The van der Waals surface area contributed by atoms with E-state index in [0.29, 0.717) is 5.75 Å². The first-order chi connectivity index (χ1) is 9.29. The van der Waals surface area contributed by atoms with Crippen LogP contribution in [0, 0.1) is 0 Å². The Morgan fingerprint density at radius 2 is 1.95 bits per heavy atom. The van der Waals surface area contributed by atoms with E-state index in [1.165, 1.54) is 0 Å². The molecule has 2 heterocycles. The Kier molecular flexibility index (Phi) is 4.71. The highest BCUT2D eigenvalue weighted by Crippen LogP contribution is 2.39. The Balaban J connectivity index is 2.21. The van der Waals surface area contributed by atoms with E-state index in [4.69, 9.17) is 14.4 Å². The first-order valence-corrected chi connectivity index (χ1v) is 8.15. The molecule has 0 aromatic carbocycles. The van der Waals surface area contributed by atoms with Crippen molar-refractivity contribution in [2.24, 2.45) is 0 Å². The van der Waals surface area contributed by atoms with Gasteiger partial charge in [-0.25, -0.2) is 0 Å². The first-order valence-electron chi connectivity index (χ1n) is 6.64. The Morgan fingerprint density at radius 1 is 1.35 bits per heavy atom. The summed E-state index contributed by atoms with van der Waals surface area (Å²) >= 11 is 5.93. The molecule has 0 saturated carbocycles. The van der Waals surface area contributed by atoms with Crippen molar-refractivity contribution in [1.29, 1.82) is 0 Å². The van der Waals surface area contributed by atoms with E-state index in [1.807, 2.05) is 45.2 Å². The fraction of sp³-hybridized carbons (Fsp3) is 0.571. The normalized spacial score (nSPS) is 21.5. The summed E-state index contributed by atoms with van der Waals surface area (Å²) in [6.45, 7) is 8.23. The standard InChI is InChI=1S/C14H21BO3S2/c1-13(2)14(3,4)18-15(17-13)11(8-19)5-10-6-12(7-16)20-9-10/h5-6,9,16,19H,7-8H2,1-4H3. The SMILES string of the molecule is CC1(C)OB(C(=Cc2csc(CO)c2)CS)OC1(C)C. The molecule has 1 aromatic rings. The Bertz CT molecular complexity index is 492. The third kappa shape index (κ3) is 3.15. The summed E-state index contributed by atoms with van der Waals surface area (Å²) in [5, 5.41) is 11.1. The van der Waals surface area contributed by atoms with E-state index >= 15 is 0 Å². The van der Waals surface area contributed by atoms with Crippen LogP contribution in [0.4, 0.5) is 0 Å². The van der Waals surface area contributed by atoms with Crippen LogP contribution in [0.25, 0.3) is 6.08 Å². The highest BCUT2D eigenvalue weighted by atomic mass is 32.1. The number of rotatable bonds is 4. The summed E-state index contributed by atoms with van der Waals surface area (Å²) in [5.74, 6) is 0.571. The molecule has 1 aromatic heterocycles. The molecule has 0 atom stereocenters. The molecule has 0 bridgehead atoms. The van der Waals surface area contributed by atoms with Gasteiger partial charge in [0.2, 0.25) is 0 Å². The number of hydrogen-bond donors (Lipinski definition) is 2. The zero-order valence-electron chi connectivity index (χ0n) is 12.3. The van der Waals surface area contributed by atoms with Crippen LogP contribution in [-0.4, -0.2) is 29.2 Å². The lowest BCUT2D eigenvalue weighted by Gasteiger charge is -2.32. The van der Waals surface area contributed by atoms with Crippen LogP contribution in [-0.2, 0) is 15.9 Å². The molecule has 6 heteroatoms. The van der Waals surface area contributed by atoms with Crippen molar-refractivity contribution in [3.05, 3.63) is 27.4 Å². The van der Waals surface area contributed by atoms with Gasteiger partial charge in [-0.05, 0) is 50.2 Å². The van der Waals surface area contributed by atoms with Crippen LogP contribution in [0.15, 0.2) is 16.9 Å². The number of aliphatic hydroxyl groups is 1. The van der Waals surface area contributed by atoms with E-state index in [9.17, 15) is 0 Å². The second-order valence-corrected chi connectivity index (χ2v) is 7.28. The molecule has 0 spiro atoms. The Labute approximate surface area is 130 Å². The zero-order valence-corrected chi connectivity index (χ0v) is 14.1. The quantitative estimate of drug-likeness (QED) is 0.662. The molecule has 3 nitrogen and oxygen atoms in total. The molecular formula is C14H21BO3S2. The monoisotopic (exact) mass is 312 g/mol. The maximum absolute atomic E-state index is 9.12. The van der Waals surface area contributed by atoms with E-state index in [0.717, 1.165) is 15.9 Å². The summed E-state index contributed by atoms with van der Waals surface area (Å²) in [6.07, 6.45) is 2.03. The predicted octanol–water partition coefficient (Wildman–Crippen LogP) is 3.19. The summed E-state index contributed by atoms with van der Waals surface area (Å²) in [7, 11) is -0.366. The molecule has 1 N–H and O–H groups in total. The Hall–Kier alpha value is -0.265. The lowest BCUT2D eigenvalue weighted by molar-refractivity contribution is 0.00578. The minimum Gasteiger partial charge on any atom is -0.400 e. The van der Waals surface area contributed by atoms with Crippen LogP contribution < -0.4 is 0 Å².